The molecule has 1 heteroatoms. The van der Waals surface area contributed by atoms with Crippen molar-refractivity contribution >= 4 is 11.8 Å². The van der Waals surface area contributed by atoms with E-state index in [4.69, 9.17) is 0 Å². The molecule has 0 radical (unpaired) electrons. The summed E-state index contributed by atoms with van der Waals surface area (Å²) in [6, 6.07) is 9.07. The van der Waals surface area contributed by atoms with Crippen molar-refractivity contribution in [2.45, 2.75) is 26.3 Å². The van der Waals surface area contributed by atoms with Crippen molar-refractivity contribution < 1.29 is 0 Å². The molecule has 0 unspecified atom stereocenters. The molecule has 0 saturated carbocycles. The van der Waals surface area contributed by atoms with Gasteiger partial charge >= 0.3 is 0 Å². The standard InChI is InChI=1S/C13H19N/c1-5-11(3)14(4)13-9-7-12(6-2)8-10-13/h6-11H,2,5H2,1,3-4H3/t11-/m0/s1. The highest BCUT2D eigenvalue weighted by atomic mass is 15.1. The summed E-state index contributed by atoms with van der Waals surface area (Å²) in [5.41, 5.74) is 2.44. The van der Waals surface area contributed by atoms with Crippen LogP contribution in [0.1, 0.15) is 25.8 Å². The Balaban J connectivity index is 2.80. The third kappa shape index (κ3) is 2.38. The lowest BCUT2D eigenvalue weighted by molar-refractivity contribution is 0.664. The first kappa shape index (κ1) is 10.8. The Morgan fingerprint density at radius 3 is 2.36 bits per heavy atom. The van der Waals surface area contributed by atoms with Crippen LogP contribution >= 0.6 is 0 Å². The van der Waals surface area contributed by atoms with Gasteiger partial charge < -0.3 is 4.90 Å². The molecule has 1 atom stereocenters. The van der Waals surface area contributed by atoms with Gasteiger partial charge in [0.2, 0.25) is 0 Å². The summed E-state index contributed by atoms with van der Waals surface area (Å²) in [5.74, 6) is 0. The Morgan fingerprint density at radius 2 is 1.93 bits per heavy atom. The second-order valence-electron chi connectivity index (χ2n) is 3.66. The number of hydrogen-bond donors (Lipinski definition) is 0. The number of benzene rings is 1. The van der Waals surface area contributed by atoms with Gasteiger partial charge in [-0.15, -0.1) is 0 Å². The molecule has 1 aromatic rings. The highest BCUT2D eigenvalue weighted by Crippen LogP contribution is 2.17. The zero-order valence-electron chi connectivity index (χ0n) is 9.33. The van der Waals surface area contributed by atoms with Gasteiger partial charge in [0, 0.05) is 18.8 Å². The molecule has 14 heavy (non-hydrogen) atoms. The Kier molecular flexibility index (Phi) is 3.75. The van der Waals surface area contributed by atoms with Crippen LogP contribution in [0.3, 0.4) is 0 Å². The van der Waals surface area contributed by atoms with Crippen molar-refractivity contribution in [2.75, 3.05) is 11.9 Å². The minimum atomic E-state index is 0.588. The van der Waals surface area contributed by atoms with Crippen LogP contribution in [0, 0.1) is 0 Å². The molecule has 0 aliphatic rings. The smallest absolute Gasteiger partial charge is 0.0366 e. The molecule has 0 saturated heterocycles. The van der Waals surface area contributed by atoms with E-state index in [2.05, 4.69) is 56.6 Å². The van der Waals surface area contributed by atoms with E-state index in [-0.39, 0.29) is 0 Å². The first-order valence-electron chi connectivity index (χ1n) is 5.14. The minimum absolute atomic E-state index is 0.588. The summed E-state index contributed by atoms with van der Waals surface area (Å²) in [7, 11) is 2.14. The number of nitrogens with zero attached hydrogens (tertiary/aromatic N) is 1. The molecule has 0 aromatic heterocycles. The molecule has 0 heterocycles. The fourth-order valence-electron chi connectivity index (χ4n) is 1.37. The van der Waals surface area contributed by atoms with Gasteiger partial charge in [0.1, 0.15) is 0 Å². The molecule has 0 fully saturated rings. The molecule has 0 aliphatic heterocycles. The molecule has 0 bridgehead atoms. The van der Waals surface area contributed by atoms with Crippen LogP contribution < -0.4 is 4.90 Å². The van der Waals surface area contributed by atoms with E-state index in [9.17, 15) is 0 Å². The maximum atomic E-state index is 3.74. The Labute approximate surface area is 87.1 Å². The van der Waals surface area contributed by atoms with Gasteiger partial charge in [-0.25, -0.2) is 0 Å². The predicted octanol–water partition coefficient (Wildman–Crippen LogP) is 3.56. The number of rotatable bonds is 4. The molecule has 0 spiro atoms. The maximum Gasteiger partial charge on any atom is 0.0366 e. The van der Waals surface area contributed by atoms with Gasteiger partial charge in [0.15, 0.2) is 0 Å². The van der Waals surface area contributed by atoms with Crippen molar-refractivity contribution in [1.82, 2.24) is 0 Å². The lowest BCUT2D eigenvalue weighted by Crippen LogP contribution is -2.27. The van der Waals surface area contributed by atoms with Crippen molar-refractivity contribution in [1.29, 1.82) is 0 Å². The minimum Gasteiger partial charge on any atom is -0.372 e. The van der Waals surface area contributed by atoms with Crippen molar-refractivity contribution in [2.24, 2.45) is 0 Å². The van der Waals surface area contributed by atoms with Gasteiger partial charge in [0.05, 0.1) is 0 Å². The van der Waals surface area contributed by atoms with Gasteiger partial charge in [-0.2, -0.15) is 0 Å². The summed E-state index contributed by atoms with van der Waals surface area (Å²) in [4.78, 5) is 2.30. The van der Waals surface area contributed by atoms with Crippen molar-refractivity contribution in [3.8, 4) is 0 Å². The molecule has 0 amide bonds. The molecular weight excluding hydrogens is 170 g/mol. The third-order valence-electron chi connectivity index (χ3n) is 2.79. The second kappa shape index (κ2) is 4.85. The van der Waals surface area contributed by atoms with E-state index in [0.717, 1.165) is 0 Å². The fraction of sp³-hybridized carbons (Fsp3) is 0.385. The molecule has 1 aromatic carbocycles. The molecule has 1 rings (SSSR count). The second-order valence-corrected chi connectivity index (χ2v) is 3.66. The Morgan fingerprint density at radius 1 is 1.36 bits per heavy atom. The Bertz CT molecular complexity index is 287. The molecule has 0 N–H and O–H groups in total. The average Bonchev–Trinajstić information content (AvgIpc) is 2.27. The van der Waals surface area contributed by atoms with Gasteiger partial charge in [-0.05, 0) is 31.0 Å². The van der Waals surface area contributed by atoms with Crippen LogP contribution in [-0.4, -0.2) is 13.1 Å². The third-order valence-corrected chi connectivity index (χ3v) is 2.79. The van der Waals surface area contributed by atoms with Crippen LogP contribution in [0.4, 0.5) is 5.69 Å². The van der Waals surface area contributed by atoms with Gasteiger partial charge in [-0.1, -0.05) is 31.7 Å². The summed E-state index contributed by atoms with van der Waals surface area (Å²) in [6.45, 7) is 8.19. The highest BCUT2D eigenvalue weighted by molar-refractivity contribution is 5.54. The lowest BCUT2D eigenvalue weighted by Gasteiger charge is -2.26. The maximum absolute atomic E-state index is 3.74. The van der Waals surface area contributed by atoms with E-state index in [1.54, 1.807) is 0 Å². The molecule has 1 nitrogen and oxygen atoms in total. The van der Waals surface area contributed by atoms with Crippen molar-refractivity contribution in [3.63, 3.8) is 0 Å². The summed E-state index contributed by atoms with van der Waals surface area (Å²) < 4.78 is 0. The average molecular weight is 189 g/mol. The molecular formula is C13H19N. The quantitative estimate of drug-likeness (QED) is 0.700. The fourth-order valence-corrected chi connectivity index (χ4v) is 1.37. The number of hydrogen-bond acceptors (Lipinski definition) is 1. The first-order valence-corrected chi connectivity index (χ1v) is 5.14. The normalized spacial score (nSPS) is 12.2. The first-order chi connectivity index (χ1) is 6.69. The predicted molar refractivity (Wildman–Crippen MR) is 64.7 cm³/mol. The van der Waals surface area contributed by atoms with E-state index in [1.165, 1.54) is 17.7 Å². The van der Waals surface area contributed by atoms with Crippen LogP contribution in [-0.2, 0) is 0 Å². The van der Waals surface area contributed by atoms with Crippen LogP contribution in [0.5, 0.6) is 0 Å². The van der Waals surface area contributed by atoms with Crippen molar-refractivity contribution in [3.05, 3.63) is 36.4 Å². The molecule has 76 valence electrons. The highest BCUT2D eigenvalue weighted by Gasteiger charge is 2.06. The van der Waals surface area contributed by atoms with E-state index < -0.39 is 0 Å². The summed E-state index contributed by atoms with van der Waals surface area (Å²) >= 11 is 0. The largest absolute Gasteiger partial charge is 0.372 e. The van der Waals surface area contributed by atoms with Crippen LogP contribution in [0.15, 0.2) is 30.8 Å². The van der Waals surface area contributed by atoms with Gasteiger partial charge in [-0.3, -0.25) is 0 Å². The Hall–Kier alpha value is -1.24. The summed E-state index contributed by atoms with van der Waals surface area (Å²) in [6.07, 6.45) is 3.03. The summed E-state index contributed by atoms with van der Waals surface area (Å²) in [5, 5.41) is 0. The zero-order valence-corrected chi connectivity index (χ0v) is 9.33. The van der Waals surface area contributed by atoms with Gasteiger partial charge in [0.25, 0.3) is 0 Å². The number of anilines is 1. The van der Waals surface area contributed by atoms with Crippen LogP contribution in [0.25, 0.3) is 6.08 Å². The topological polar surface area (TPSA) is 3.24 Å². The van der Waals surface area contributed by atoms with E-state index in [1.807, 2.05) is 6.08 Å². The van der Waals surface area contributed by atoms with E-state index >= 15 is 0 Å². The SMILES string of the molecule is C=Cc1ccc(N(C)[C@@H](C)CC)cc1. The van der Waals surface area contributed by atoms with E-state index in [0.29, 0.717) is 6.04 Å². The lowest BCUT2D eigenvalue weighted by atomic mass is 10.1. The molecule has 0 aliphatic carbocycles. The van der Waals surface area contributed by atoms with Crippen LogP contribution in [0.2, 0.25) is 0 Å². The monoisotopic (exact) mass is 189 g/mol. The zero-order chi connectivity index (χ0) is 10.6.